The molecular weight excluding hydrogens is 294 g/mol. The van der Waals surface area contributed by atoms with Crippen LogP contribution < -0.4 is 19.7 Å². The van der Waals surface area contributed by atoms with Gasteiger partial charge in [-0.2, -0.15) is 12.7 Å². The first-order chi connectivity index (χ1) is 9.95. The van der Waals surface area contributed by atoms with E-state index in [2.05, 4.69) is 15.0 Å². The molecule has 0 atom stereocenters. The van der Waals surface area contributed by atoms with Gasteiger partial charge in [0.05, 0.1) is 12.8 Å². The quantitative estimate of drug-likeness (QED) is 0.777. The van der Waals surface area contributed by atoms with Gasteiger partial charge in [0.2, 0.25) is 5.88 Å². The summed E-state index contributed by atoms with van der Waals surface area (Å²) < 4.78 is 34.2. The molecule has 2 rings (SSSR count). The second-order valence-corrected chi connectivity index (χ2v) is 6.54. The molecule has 0 bridgehead atoms. The van der Waals surface area contributed by atoms with E-state index < -0.39 is 10.2 Å². The lowest BCUT2D eigenvalue weighted by Crippen LogP contribution is -2.48. The second kappa shape index (κ2) is 6.46. The molecule has 118 valence electrons. The van der Waals surface area contributed by atoms with Gasteiger partial charge in [-0.1, -0.05) is 0 Å². The highest BCUT2D eigenvalue weighted by molar-refractivity contribution is 7.90. The Balaban J connectivity index is 2.33. The van der Waals surface area contributed by atoms with Gasteiger partial charge < -0.3 is 15.0 Å². The average molecular weight is 315 g/mol. The molecule has 8 nitrogen and oxygen atoms in total. The molecule has 1 aromatic rings. The summed E-state index contributed by atoms with van der Waals surface area (Å²) in [6.07, 6.45) is 1.58. The number of rotatable bonds is 5. The van der Waals surface area contributed by atoms with Crippen molar-refractivity contribution in [3.8, 4) is 5.88 Å². The fraction of sp³-hybridized carbons (Fsp3) is 0.583. The van der Waals surface area contributed by atoms with E-state index >= 15 is 0 Å². The zero-order valence-electron chi connectivity index (χ0n) is 12.5. The van der Waals surface area contributed by atoms with Crippen LogP contribution in [0.15, 0.2) is 12.3 Å². The smallest absolute Gasteiger partial charge is 0.301 e. The van der Waals surface area contributed by atoms with E-state index in [-0.39, 0.29) is 5.88 Å². The number of hydrogen-bond donors (Lipinski definition) is 2. The summed E-state index contributed by atoms with van der Waals surface area (Å²) in [6, 6.07) is 1.73. The summed E-state index contributed by atoms with van der Waals surface area (Å²) in [6.45, 7) is 2.17. The minimum Gasteiger partial charge on any atom is -0.479 e. The molecular formula is C12H21N5O3S. The van der Waals surface area contributed by atoms with Crippen LogP contribution in [0.3, 0.4) is 0 Å². The van der Waals surface area contributed by atoms with Crippen molar-refractivity contribution in [2.45, 2.75) is 0 Å². The number of piperazine rings is 1. The van der Waals surface area contributed by atoms with Gasteiger partial charge in [-0.05, 0) is 6.07 Å². The molecule has 0 spiro atoms. The summed E-state index contributed by atoms with van der Waals surface area (Å²) in [5.74, 6) is 0.250. The van der Waals surface area contributed by atoms with E-state index in [0.29, 0.717) is 37.6 Å². The number of ether oxygens (including phenoxy) is 1. The lowest BCUT2D eigenvalue weighted by molar-refractivity contribution is 0.362. The number of pyridine rings is 1. The van der Waals surface area contributed by atoms with Crippen LogP contribution in [0.2, 0.25) is 0 Å². The minimum atomic E-state index is -3.63. The zero-order chi connectivity index (χ0) is 15.5. The minimum absolute atomic E-state index is 0.250. The molecule has 21 heavy (non-hydrogen) atoms. The lowest BCUT2D eigenvalue weighted by atomic mass is 10.3. The van der Waals surface area contributed by atoms with Gasteiger partial charge in [-0.15, -0.1) is 0 Å². The Kier molecular flexibility index (Phi) is 4.86. The number of nitrogens with zero attached hydrogens (tertiary/aromatic N) is 3. The maximum Gasteiger partial charge on any atom is 0.301 e. The highest BCUT2D eigenvalue weighted by Crippen LogP contribution is 2.33. The van der Waals surface area contributed by atoms with Crippen molar-refractivity contribution in [1.82, 2.24) is 14.6 Å². The Labute approximate surface area is 125 Å². The molecule has 0 aliphatic carbocycles. The van der Waals surface area contributed by atoms with Gasteiger partial charge in [-0.25, -0.2) is 4.98 Å². The van der Waals surface area contributed by atoms with Crippen LogP contribution in [0.4, 0.5) is 11.4 Å². The van der Waals surface area contributed by atoms with Crippen molar-refractivity contribution in [1.29, 1.82) is 0 Å². The normalized spacial score (nSPS) is 16.5. The molecule has 2 N–H and O–H groups in total. The third kappa shape index (κ3) is 3.55. The molecule has 9 heteroatoms. The number of hydrogen-bond acceptors (Lipinski definition) is 6. The number of methoxy groups -OCH3 is 1. The first-order valence-electron chi connectivity index (χ1n) is 6.64. The third-order valence-corrected chi connectivity index (χ3v) is 4.72. The number of aromatic nitrogens is 1. The van der Waals surface area contributed by atoms with Gasteiger partial charge >= 0.3 is 10.2 Å². The van der Waals surface area contributed by atoms with Crippen molar-refractivity contribution < 1.29 is 13.2 Å². The average Bonchev–Trinajstić information content (AvgIpc) is 2.47. The van der Waals surface area contributed by atoms with Crippen molar-refractivity contribution in [2.24, 2.45) is 0 Å². The van der Waals surface area contributed by atoms with Crippen LogP contribution >= 0.6 is 0 Å². The van der Waals surface area contributed by atoms with E-state index in [4.69, 9.17) is 4.74 Å². The largest absolute Gasteiger partial charge is 0.479 e. The van der Waals surface area contributed by atoms with E-state index in [0.717, 1.165) is 0 Å². The maximum atomic E-state index is 12.5. The van der Waals surface area contributed by atoms with Crippen molar-refractivity contribution in [2.75, 3.05) is 57.0 Å². The number of anilines is 2. The fourth-order valence-electron chi connectivity index (χ4n) is 2.13. The summed E-state index contributed by atoms with van der Waals surface area (Å²) >= 11 is 0. The van der Waals surface area contributed by atoms with E-state index in [1.165, 1.54) is 11.4 Å². The van der Waals surface area contributed by atoms with Gasteiger partial charge in [0.1, 0.15) is 5.69 Å². The highest BCUT2D eigenvalue weighted by atomic mass is 32.2. The monoisotopic (exact) mass is 315 g/mol. The van der Waals surface area contributed by atoms with Crippen molar-refractivity contribution in [3.63, 3.8) is 0 Å². The molecule has 0 saturated carbocycles. The topological polar surface area (TPSA) is 86.8 Å². The Morgan fingerprint density at radius 2 is 2.05 bits per heavy atom. The fourth-order valence-corrected chi connectivity index (χ4v) is 3.38. The Hall–Kier alpha value is -1.58. The van der Waals surface area contributed by atoms with Gasteiger partial charge in [0.15, 0.2) is 0 Å². The van der Waals surface area contributed by atoms with Gasteiger partial charge in [0, 0.05) is 46.5 Å². The predicted molar refractivity (Wildman–Crippen MR) is 82.1 cm³/mol. The maximum absolute atomic E-state index is 12.5. The molecule has 0 aromatic carbocycles. The third-order valence-electron chi connectivity index (χ3n) is 3.22. The van der Waals surface area contributed by atoms with Gasteiger partial charge in [0.25, 0.3) is 0 Å². The zero-order valence-corrected chi connectivity index (χ0v) is 13.3. The molecule has 1 aromatic heterocycles. The summed E-state index contributed by atoms with van der Waals surface area (Å²) in [4.78, 5) is 5.87. The summed E-state index contributed by atoms with van der Waals surface area (Å²) in [5, 5.41) is 3.12. The van der Waals surface area contributed by atoms with Crippen LogP contribution in [0.1, 0.15) is 0 Å². The molecule has 1 aliphatic rings. The van der Waals surface area contributed by atoms with Crippen LogP contribution in [0.5, 0.6) is 5.88 Å². The Bertz CT molecular complexity index is 585. The molecule has 0 unspecified atom stereocenters. The molecule has 1 fully saturated rings. The van der Waals surface area contributed by atoms with E-state index in [1.54, 1.807) is 17.2 Å². The van der Waals surface area contributed by atoms with Crippen LogP contribution in [-0.2, 0) is 10.2 Å². The first kappa shape index (κ1) is 15.8. The van der Waals surface area contributed by atoms with Crippen molar-refractivity contribution >= 4 is 21.6 Å². The van der Waals surface area contributed by atoms with Crippen LogP contribution in [0.25, 0.3) is 0 Å². The highest BCUT2D eigenvalue weighted by Gasteiger charge is 2.26. The summed E-state index contributed by atoms with van der Waals surface area (Å²) in [5.41, 5.74) is 1.05. The van der Waals surface area contributed by atoms with Crippen LogP contribution in [-0.4, -0.2) is 65.1 Å². The second-order valence-electron chi connectivity index (χ2n) is 4.86. The molecule has 1 saturated heterocycles. The molecule has 2 heterocycles. The first-order valence-corrected chi connectivity index (χ1v) is 8.08. The number of nitrogens with one attached hydrogen (secondary N) is 2. The summed E-state index contributed by atoms with van der Waals surface area (Å²) in [7, 11) is 1.50. The standard InChI is InChI=1S/C12H21N5O3S/c1-16(2)10-4-5-14-12(20-3)11(10)15-21(18,19)17-8-6-13-7-9-17/h4-5,13,15H,6-9H2,1-3H3. The Morgan fingerprint density at radius 1 is 1.38 bits per heavy atom. The van der Waals surface area contributed by atoms with Gasteiger partial charge in [-0.3, -0.25) is 4.72 Å². The van der Waals surface area contributed by atoms with Crippen molar-refractivity contribution in [3.05, 3.63) is 12.3 Å². The van der Waals surface area contributed by atoms with E-state index in [1.807, 2.05) is 14.1 Å². The van der Waals surface area contributed by atoms with E-state index in [9.17, 15) is 8.42 Å². The molecule has 0 radical (unpaired) electrons. The lowest BCUT2D eigenvalue weighted by Gasteiger charge is -2.28. The molecule has 0 amide bonds. The molecule has 1 aliphatic heterocycles. The predicted octanol–water partition coefficient (Wildman–Crippen LogP) is -0.282. The Morgan fingerprint density at radius 3 is 2.62 bits per heavy atom. The SMILES string of the molecule is COc1nccc(N(C)C)c1NS(=O)(=O)N1CCNCC1. The van der Waals surface area contributed by atoms with Crippen LogP contribution in [0, 0.1) is 0 Å².